The van der Waals surface area contributed by atoms with Gasteiger partial charge in [-0.25, -0.2) is 13.8 Å². The minimum Gasteiger partial charge on any atom is -0.271 e. The van der Waals surface area contributed by atoms with Crippen molar-refractivity contribution in [2.45, 2.75) is 56.9 Å². The van der Waals surface area contributed by atoms with Crippen molar-refractivity contribution in [3.8, 4) is 0 Å². The van der Waals surface area contributed by atoms with Gasteiger partial charge < -0.3 is 0 Å². The molecule has 0 saturated heterocycles. The van der Waals surface area contributed by atoms with Gasteiger partial charge in [-0.3, -0.25) is 4.79 Å². The van der Waals surface area contributed by atoms with Crippen LogP contribution in [0.25, 0.3) is 0 Å². The number of hydrogen-bond donors (Lipinski definition) is 2. The normalized spacial score (nSPS) is 16.1. The highest BCUT2D eigenvalue weighted by molar-refractivity contribution is 14.1. The van der Waals surface area contributed by atoms with Crippen LogP contribution in [-0.4, -0.2) is 26.1 Å². The van der Waals surface area contributed by atoms with Crippen LogP contribution >= 0.6 is 22.6 Å². The molecule has 1 aromatic carbocycles. The fraction of sp³-hybridized carbons (Fsp3) is 0.529. The largest absolute Gasteiger partial charge is 0.271 e. The third kappa shape index (κ3) is 6.34. The molecule has 2 N–H and O–H groups in total. The van der Waals surface area contributed by atoms with Crippen molar-refractivity contribution in [2.75, 3.05) is 0 Å². The third-order valence-electron chi connectivity index (χ3n) is 3.95. The fourth-order valence-electron chi connectivity index (χ4n) is 2.66. The standard InChI is InChI=1S/C17H24IN3O3S/c1-12(2)11-16(17(22)20-19-14-5-3-4-6-14)21-25(23,24)15-9-7-13(18)8-10-15/h7-10,12,16,21H,3-6,11H2,1-2H3,(H,20,22)/t16-/m0/s1. The highest BCUT2D eigenvalue weighted by Crippen LogP contribution is 2.16. The lowest BCUT2D eigenvalue weighted by molar-refractivity contribution is -0.123. The zero-order valence-electron chi connectivity index (χ0n) is 14.5. The zero-order valence-corrected chi connectivity index (χ0v) is 17.4. The van der Waals surface area contributed by atoms with Crippen LogP contribution in [-0.2, 0) is 14.8 Å². The Balaban J connectivity index is 2.11. The molecule has 0 unspecified atom stereocenters. The van der Waals surface area contributed by atoms with Gasteiger partial charge in [0.1, 0.15) is 6.04 Å². The molecule has 1 aromatic rings. The molecule has 0 bridgehead atoms. The van der Waals surface area contributed by atoms with Gasteiger partial charge in [-0.2, -0.15) is 9.82 Å². The predicted molar refractivity (Wildman–Crippen MR) is 107 cm³/mol. The molecule has 0 aliphatic heterocycles. The molecule has 138 valence electrons. The Morgan fingerprint density at radius 1 is 1.20 bits per heavy atom. The number of rotatable bonds is 7. The Labute approximate surface area is 163 Å². The number of nitrogens with zero attached hydrogens (tertiary/aromatic N) is 1. The zero-order chi connectivity index (χ0) is 18.4. The lowest BCUT2D eigenvalue weighted by Crippen LogP contribution is -2.46. The molecule has 0 spiro atoms. The van der Waals surface area contributed by atoms with Crippen LogP contribution in [0.4, 0.5) is 0 Å². The van der Waals surface area contributed by atoms with Gasteiger partial charge in [0.25, 0.3) is 5.91 Å². The molecular weight excluding hydrogens is 453 g/mol. The number of benzene rings is 1. The molecule has 0 heterocycles. The summed E-state index contributed by atoms with van der Waals surface area (Å²) in [7, 11) is -3.77. The third-order valence-corrected chi connectivity index (χ3v) is 6.16. The summed E-state index contributed by atoms with van der Waals surface area (Å²) in [5, 5.41) is 4.15. The first-order valence-electron chi connectivity index (χ1n) is 8.41. The van der Waals surface area contributed by atoms with E-state index < -0.39 is 22.0 Å². The van der Waals surface area contributed by atoms with Crippen LogP contribution in [0, 0.1) is 9.49 Å². The molecular formula is C17H24IN3O3S. The van der Waals surface area contributed by atoms with Crippen LogP contribution in [0.15, 0.2) is 34.3 Å². The fourth-order valence-corrected chi connectivity index (χ4v) is 4.22. The molecule has 1 aliphatic rings. The van der Waals surface area contributed by atoms with Crippen LogP contribution in [0.2, 0.25) is 0 Å². The van der Waals surface area contributed by atoms with Gasteiger partial charge in [-0.1, -0.05) is 13.8 Å². The van der Waals surface area contributed by atoms with Crippen molar-refractivity contribution < 1.29 is 13.2 Å². The van der Waals surface area contributed by atoms with Gasteiger partial charge in [0, 0.05) is 9.28 Å². The van der Waals surface area contributed by atoms with E-state index in [9.17, 15) is 13.2 Å². The highest BCUT2D eigenvalue weighted by atomic mass is 127. The van der Waals surface area contributed by atoms with E-state index in [4.69, 9.17) is 0 Å². The van der Waals surface area contributed by atoms with Crippen molar-refractivity contribution in [3.05, 3.63) is 27.8 Å². The lowest BCUT2D eigenvalue weighted by atomic mass is 10.0. The van der Waals surface area contributed by atoms with Gasteiger partial charge >= 0.3 is 0 Å². The second-order valence-corrected chi connectivity index (χ2v) is 9.58. The lowest BCUT2D eigenvalue weighted by Gasteiger charge is -2.19. The molecule has 25 heavy (non-hydrogen) atoms. The maximum absolute atomic E-state index is 12.6. The Bertz CT molecular complexity index is 722. The van der Waals surface area contributed by atoms with Gasteiger partial charge in [0.05, 0.1) is 4.90 Å². The second kappa shape index (κ2) is 9.09. The summed E-state index contributed by atoms with van der Waals surface area (Å²) >= 11 is 2.11. The second-order valence-electron chi connectivity index (χ2n) is 6.62. The number of hydrazone groups is 1. The van der Waals surface area contributed by atoms with Gasteiger partial charge in [-0.05, 0) is 84.9 Å². The Morgan fingerprint density at radius 3 is 2.36 bits per heavy atom. The van der Waals surface area contributed by atoms with E-state index in [2.05, 4.69) is 37.8 Å². The number of carbonyl (C=O) groups excluding carboxylic acids is 1. The molecule has 1 amide bonds. The molecule has 1 aliphatic carbocycles. The monoisotopic (exact) mass is 477 g/mol. The van der Waals surface area contributed by atoms with Crippen LogP contribution in [0.3, 0.4) is 0 Å². The minimum atomic E-state index is -3.77. The summed E-state index contributed by atoms with van der Waals surface area (Å²) in [5.41, 5.74) is 3.50. The molecule has 0 aromatic heterocycles. The van der Waals surface area contributed by atoms with E-state index in [1.807, 2.05) is 13.8 Å². The summed E-state index contributed by atoms with van der Waals surface area (Å²) in [4.78, 5) is 12.6. The van der Waals surface area contributed by atoms with Crippen LogP contribution in [0.1, 0.15) is 46.0 Å². The van der Waals surface area contributed by atoms with E-state index in [-0.39, 0.29) is 10.8 Å². The topological polar surface area (TPSA) is 87.6 Å². The maximum atomic E-state index is 12.6. The van der Waals surface area contributed by atoms with Gasteiger partial charge in [0.15, 0.2) is 0 Å². The molecule has 2 rings (SSSR count). The first kappa shape index (κ1) is 20.3. The summed E-state index contributed by atoms with van der Waals surface area (Å²) in [6, 6.07) is 5.66. The Morgan fingerprint density at radius 2 is 1.80 bits per heavy atom. The summed E-state index contributed by atoms with van der Waals surface area (Å²) in [5.74, 6) is -0.253. The van der Waals surface area contributed by atoms with Gasteiger partial charge in [0.2, 0.25) is 10.0 Å². The molecule has 0 radical (unpaired) electrons. The molecule has 1 atom stereocenters. The summed E-state index contributed by atoms with van der Waals surface area (Å²) in [6.45, 7) is 3.89. The van der Waals surface area contributed by atoms with E-state index in [1.54, 1.807) is 12.1 Å². The average Bonchev–Trinajstić information content (AvgIpc) is 3.05. The Kier molecular flexibility index (Phi) is 7.38. The van der Waals surface area contributed by atoms with Crippen molar-refractivity contribution in [2.24, 2.45) is 11.0 Å². The van der Waals surface area contributed by atoms with Crippen LogP contribution < -0.4 is 10.1 Å². The number of halogens is 1. The quantitative estimate of drug-likeness (QED) is 0.468. The predicted octanol–water partition coefficient (Wildman–Crippen LogP) is 3.03. The van der Waals surface area contributed by atoms with E-state index >= 15 is 0 Å². The highest BCUT2D eigenvalue weighted by Gasteiger charge is 2.26. The van der Waals surface area contributed by atoms with Crippen molar-refractivity contribution >= 4 is 44.2 Å². The number of nitrogens with one attached hydrogen (secondary N) is 2. The van der Waals surface area contributed by atoms with Crippen molar-refractivity contribution in [1.82, 2.24) is 10.1 Å². The van der Waals surface area contributed by atoms with Gasteiger partial charge in [-0.15, -0.1) is 0 Å². The number of sulfonamides is 1. The average molecular weight is 477 g/mol. The van der Waals surface area contributed by atoms with E-state index in [0.29, 0.717) is 6.42 Å². The smallest absolute Gasteiger partial charge is 0.258 e. The minimum absolute atomic E-state index is 0.150. The molecule has 6 nitrogen and oxygen atoms in total. The first-order chi connectivity index (χ1) is 11.8. The number of amides is 1. The summed E-state index contributed by atoms with van der Waals surface area (Å²) in [6.07, 6.45) is 4.36. The molecule has 8 heteroatoms. The molecule has 1 fully saturated rings. The maximum Gasteiger partial charge on any atom is 0.258 e. The van der Waals surface area contributed by atoms with Crippen molar-refractivity contribution in [3.63, 3.8) is 0 Å². The molecule has 1 saturated carbocycles. The van der Waals surface area contributed by atoms with E-state index in [1.165, 1.54) is 12.1 Å². The number of carbonyl (C=O) groups is 1. The first-order valence-corrected chi connectivity index (χ1v) is 11.0. The van der Waals surface area contributed by atoms with E-state index in [0.717, 1.165) is 35.0 Å². The Hall–Kier alpha value is -1.00. The van der Waals surface area contributed by atoms with Crippen molar-refractivity contribution in [1.29, 1.82) is 0 Å². The SMILES string of the molecule is CC(C)C[C@H](NS(=O)(=O)c1ccc(I)cc1)C(=O)NN=C1CCCC1. The summed E-state index contributed by atoms with van der Waals surface area (Å²) < 4.78 is 28.6. The van der Waals surface area contributed by atoms with Crippen LogP contribution in [0.5, 0.6) is 0 Å². The number of hydrogen-bond acceptors (Lipinski definition) is 4.